The van der Waals surface area contributed by atoms with E-state index in [1.807, 2.05) is 12.1 Å². The van der Waals surface area contributed by atoms with E-state index in [-0.39, 0.29) is 0 Å². The lowest BCUT2D eigenvalue weighted by atomic mass is 9.98. The lowest BCUT2D eigenvalue weighted by Crippen LogP contribution is -2.35. The zero-order valence-corrected chi connectivity index (χ0v) is 10.3. The predicted octanol–water partition coefficient (Wildman–Crippen LogP) is 2.90. The van der Waals surface area contributed by atoms with Crippen molar-refractivity contribution >= 4 is 0 Å². The number of ether oxygens (including phenoxy) is 1. The van der Waals surface area contributed by atoms with E-state index in [0.29, 0.717) is 12.1 Å². The maximum atomic E-state index is 5.65. The highest BCUT2D eigenvalue weighted by molar-refractivity contribution is 5.37. The van der Waals surface area contributed by atoms with Crippen LogP contribution in [0.5, 0.6) is 5.75 Å². The van der Waals surface area contributed by atoms with Crippen molar-refractivity contribution in [2.24, 2.45) is 0 Å². The second-order valence-electron chi connectivity index (χ2n) is 4.41. The fourth-order valence-electron chi connectivity index (χ4n) is 2.26. The average Bonchev–Trinajstić information content (AvgIpc) is 2.38. The molecule has 1 N–H and O–H groups in total. The minimum absolute atomic E-state index is 0.373. The second kappa shape index (κ2) is 5.75. The molecule has 0 fully saturated rings. The molecule has 1 heterocycles. The number of terminal acetylenes is 1. The number of fused-ring (bicyclic) bond motifs is 1. The number of nitrogens with one attached hydrogen (secondary N) is 1. The van der Waals surface area contributed by atoms with Gasteiger partial charge in [0.15, 0.2) is 0 Å². The Morgan fingerprint density at radius 2 is 2.35 bits per heavy atom. The molecule has 1 aliphatic heterocycles. The van der Waals surface area contributed by atoms with Crippen LogP contribution < -0.4 is 10.1 Å². The van der Waals surface area contributed by atoms with Gasteiger partial charge >= 0.3 is 0 Å². The van der Waals surface area contributed by atoms with E-state index in [2.05, 4.69) is 30.3 Å². The van der Waals surface area contributed by atoms with Crippen molar-refractivity contribution in [1.29, 1.82) is 0 Å². The van der Waals surface area contributed by atoms with Gasteiger partial charge in [0.05, 0.1) is 6.61 Å². The van der Waals surface area contributed by atoms with Gasteiger partial charge in [-0.1, -0.05) is 25.1 Å². The Hall–Kier alpha value is -1.46. The molecule has 0 aromatic heterocycles. The van der Waals surface area contributed by atoms with Crippen LogP contribution in [0.1, 0.15) is 37.8 Å². The van der Waals surface area contributed by atoms with E-state index < -0.39 is 0 Å². The molecule has 2 rings (SSSR count). The number of hydrogen-bond acceptors (Lipinski definition) is 2. The molecular weight excluding hydrogens is 210 g/mol. The molecule has 1 aliphatic rings. The van der Waals surface area contributed by atoms with Gasteiger partial charge in [-0.2, -0.15) is 0 Å². The Morgan fingerprint density at radius 1 is 1.53 bits per heavy atom. The molecule has 2 unspecified atom stereocenters. The van der Waals surface area contributed by atoms with E-state index in [4.69, 9.17) is 11.2 Å². The first-order valence-corrected chi connectivity index (χ1v) is 6.26. The summed E-state index contributed by atoms with van der Waals surface area (Å²) in [6.07, 6.45) is 8.25. The van der Waals surface area contributed by atoms with Gasteiger partial charge in [0.1, 0.15) is 5.75 Å². The topological polar surface area (TPSA) is 21.3 Å². The van der Waals surface area contributed by atoms with Gasteiger partial charge in [-0.25, -0.2) is 0 Å². The summed E-state index contributed by atoms with van der Waals surface area (Å²) in [5, 5.41) is 3.64. The molecule has 17 heavy (non-hydrogen) atoms. The molecule has 1 aromatic carbocycles. The number of para-hydroxylation sites is 1. The largest absolute Gasteiger partial charge is 0.493 e. The summed E-state index contributed by atoms with van der Waals surface area (Å²) in [7, 11) is 0. The van der Waals surface area contributed by atoms with Crippen molar-refractivity contribution in [3.63, 3.8) is 0 Å². The van der Waals surface area contributed by atoms with Gasteiger partial charge in [0, 0.05) is 30.5 Å². The van der Waals surface area contributed by atoms with Gasteiger partial charge < -0.3 is 10.1 Å². The molecule has 2 nitrogen and oxygen atoms in total. The van der Waals surface area contributed by atoms with Crippen LogP contribution in [-0.2, 0) is 0 Å². The average molecular weight is 229 g/mol. The van der Waals surface area contributed by atoms with Crippen LogP contribution >= 0.6 is 0 Å². The van der Waals surface area contributed by atoms with Crippen LogP contribution in [-0.4, -0.2) is 12.6 Å². The fourth-order valence-corrected chi connectivity index (χ4v) is 2.26. The van der Waals surface area contributed by atoms with Gasteiger partial charge in [0.2, 0.25) is 0 Å². The third kappa shape index (κ3) is 2.81. The SMILES string of the molecule is C#CCC(CC)NC1CCOc2ccccc21. The standard InChI is InChI=1S/C15H19NO/c1-3-7-12(4-2)16-14-10-11-17-15-9-6-5-8-13(14)15/h1,5-6,8-9,12,14,16H,4,7,10-11H2,2H3. The highest BCUT2D eigenvalue weighted by atomic mass is 16.5. The summed E-state index contributed by atoms with van der Waals surface area (Å²) < 4.78 is 5.65. The molecule has 2 heteroatoms. The Labute approximate surface area is 103 Å². The number of benzene rings is 1. The molecule has 0 bridgehead atoms. The molecule has 1 aromatic rings. The van der Waals surface area contributed by atoms with Gasteiger partial charge in [-0.05, 0) is 12.5 Å². The lowest BCUT2D eigenvalue weighted by molar-refractivity contribution is 0.243. The van der Waals surface area contributed by atoms with E-state index in [0.717, 1.165) is 31.6 Å². The highest BCUT2D eigenvalue weighted by Crippen LogP contribution is 2.32. The van der Waals surface area contributed by atoms with Gasteiger partial charge in [0.25, 0.3) is 0 Å². The monoisotopic (exact) mass is 229 g/mol. The molecule has 90 valence electrons. The molecule has 0 spiro atoms. The van der Waals surface area contributed by atoms with Crippen LogP contribution in [0.2, 0.25) is 0 Å². The highest BCUT2D eigenvalue weighted by Gasteiger charge is 2.22. The van der Waals surface area contributed by atoms with Gasteiger partial charge in [-0.3, -0.25) is 0 Å². The molecule has 0 saturated carbocycles. The Bertz CT molecular complexity index is 408. The van der Waals surface area contributed by atoms with Crippen molar-refractivity contribution in [3.8, 4) is 18.1 Å². The van der Waals surface area contributed by atoms with Gasteiger partial charge in [-0.15, -0.1) is 12.3 Å². The zero-order chi connectivity index (χ0) is 12.1. The predicted molar refractivity (Wildman–Crippen MR) is 70.0 cm³/mol. The van der Waals surface area contributed by atoms with Crippen molar-refractivity contribution in [2.45, 2.75) is 38.3 Å². The first kappa shape index (κ1) is 12.0. The summed E-state index contributed by atoms with van der Waals surface area (Å²) in [4.78, 5) is 0. The first-order chi connectivity index (χ1) is 8.35. The molecule has 2 atom stereocenters. The van der Waals surface area contributed by atoms with Crippen LogP contribution in [0.3, 0.4) is 0 Å². The van der Waals surface area contributed by atoms with Crippen LogP contribution in [0.15, 0.2) is 24.3 Å². The summed E-state index contributed by atoms with van der Waals surface area (Å²) in [6.45, 7) is 2.95. The van der Waals surface area contributed by atoms with Crippen LogP contribution in [0.25, 0.3) is 0 Å². The van der Waals surface area contributed by atoms with Crippen LogP contribution in [0.4, 0.5) is 0 Å². The van der Waals surface area contributed by atoms with Crippen molar-refractivity contribution in [1.82, 2.24) is 5.32 Å². The van der Waals surface area contributed by atoms with E-state index in [1.54, 1.807) is 0 Å². The first-order valence-electron chi connectivity index (χ1n) is 6.26. The third-order valence-corrected chi connectivity index (χ3v) is 3.25. The third-order valence-electron chi connectivity index (χ3n) is 3.25. The quantitative estimate of drug-likeness (QED) is 0.802. The maximum Gasteiger partial charge on any atom is 0.124 e. The Morgan fingerprint density at radius 3 is 3.12 bits per heavy atom. The normalized spacial score (nSPS) is 19.9. The lowest BCUT2D eigenvalue weighted by Gasteiger charge is -2.29. The van der Waals surface area contributed by atoms with Crippen molar-refractivity contribution < 1.29 is 4.74 Å². The summed E-state index contributed by atoms with van der Waals surface area (Å²) in [6, 6.07) is 9.01. The smallest absolute Gasteiger partial charge is 0.124 e. The van der Waals surface area contributed by atoms with E-state index >= 15 is 0 Å². The van der Waals surface area contributed by atoms with Crippen LogP contribution in [0, 0.1) is 12.3 Å². The fraction of sp³-hybridized carbons (Fsp3) is 0.467. The molecule has 0 amide bonds. The summed E-state index contributed by atoms with van der Waals surface area (Å²) >= 11 is 0. The molecule has 0 saturated heterocycles. The Kier molecular flexibility index (Phi) is 4.06. The van der Waals surface area contributed by atoms with E-state index in [9.17, 15) is 0 Å². The van der Waals surface area contributed by atoms with E-state index in [1.165, 1.54) is 5.56 Å². The van der Waals surface area contributed by atoms with Crippen molar-refractivity contribution in [3.05, 3.63) is 29.8 Å². The Balaban J connectivity index is 2.10. The van der Waals surface area contributed by atoms with Crippen molar-refractivity contribution in [2.75, 3.05) is 6.61 Å². The molecular formula is C15H19NO. The molecule has 0 aliphatic carbocycles. The second-order valence-corrected chi connectivity index (χ2v) is 4.41. The number of rotatable bonds is 4. The molecule has 0 radical (unpaired) electrons. The minimum Gasteiger partial charge on any atom is -0.493 e. The zero-order valence-electron chi connectivity index (χ0n) is 10.3. The summed E-state index contributed by atoms with van der Waals surface area (Å²) in [5.74, 6) is 3.74. The minimum atomic E-state index is 0.373. The maximum absolute atomic E-state index is 5.65. The summed E-state index contributed by atoms with van der Waals surface area (Å²) in [5.41, 5.74) is 1.26. The number of hydrogen-bond donors (Lipinski definition) is 1.